The lowest BCUT2D eigenvalue weighted by atomic mass is 9.93. The average Bonchev–Trinajstić information content (AvgIpc) is 3.09. The molecule has 2 heterocycles. The first-order chi connectivity index (χ1) is 12.8. The number of hydrogen-bond donors (Lipinski definition) is 1. The van der Waals surface area contributed by atoms with Crippen molar-refractivity contribution in [3.8, 4) is 0 Å². The minimum Gasteiger partial charge on any atom is -0.394 e. The molecule has 27 heavy (non-hydrogen) atoms. The van der Waals surface area contributed by atoms with E-state index in [0.717, 1.165) is 30.9 Å². The summed E-state index contributed by atoms with van der Waals surface area (Å²) in [6.45, 7) is 1.74. The summed E-state index contributed by atoms with van der Waals surface area (Å²) in [7, 11) is -3.60. The van der Waals surface area contributed by atoms with Gasteiger partial charge < -0.3 is 10.0 Å². The van der Waals surface area contributed by atoms with Crippen LogP contribution in [-0.4, -0.2) is 54.2 Å². The molecule has 1 aromatic carbocycles. The molecule has 0 saturated carbocycles. The molecular weight excluding hydrogens is 372 g/mol. The van der Waals surface area contributed by atoms with E-state index in [1.165, 1.54) is 12.1 Å². The van der Waals surface area contributed by atoms with Crippen molar-refractivity contribution in [2.75, 3.05) is 30.9 Å². The maximum absolute atomic E-state index is 12.2. The number of aliphatic hydroxyl groups is 1. The average molecular weight is 394 g/mol. The molecule has 10 heteroatoms. The van der Waals surface area contributed by atoms with E-state index in [1.807, 2.05) is 11.0 Å². The first kappa shape index (κ1) is 19.3. The van der Waals surface area contributed by atoms with E-state index in [1.54, 1.807) is 10.9 Å². The second kappa shape index (κ2) is 7.65. The van der Waals surface area contributed by atoms with E-state index in [2.05, 4.69) is 5.10 Å². The SMILES string of the molecule is CS(=O)(=O)c1cc([N+](=O)[O-])ccc1N1CCC(c2ccnn2CCO)CC1. The molecule has 0 aliphatic carbocycles. The molecular formula is C17H22N4O5S. The van der Waals surface area contributed by atoms with E-state index in [4.69, 9.17) is 5.11 Å². The van der Waals surface area contributed by atoms with Gasteiger partial charge in [-0.2, -0.15) is 5.10 Å². The summed E-state index contributed by atoms with van der Waals surface area (Å²) in [5.74, 6) is 0.273. The number of nitro groups is 1. The number of hydrogen-bond acceptors (Lipinski definition) is 7. The van der Waals surface area contributed by atoms with Crippen LogP contribution in [0, 0.1) is 10.1 Å². The highest BCUT2D eigenvalue weighted by Gasteiger charge is 2.27. The Morgan fingerprint density at radius 2 is 2.00 bits per heavy atom. The fourth-order valence-corrected chi connectivity index (χ4v) is 4.47. The topological polar surface area (TPSA) is 119 Å². The van der Waals surface area contributed by atoms with Gasteiger partial charge in [-0.1, -0.05) is 0 Å². The summed E-state index contributed by atoms with van der Waals surface area (Å²) in [5, 5.41) is 24.4. The summed E-state index contributed by atoms with van der Waals surface area (Å²) >= 11 is 0. The normalized spacial score (nSPS) is 15.9. The second-order valence-corrected chi connectivity index (χ2v) is 8.63. The molecule has 0 spiro atoms. The molecule has 1 aliphatic heterocycles. The Kier molecular flexibility index (Phi) is 5.47. The number of nitro benzene ring substituents is 1. The predicted molar refractivity (Wildman–Crippen MR) is 99.7 cm³/mol. The maximum Gasteiger partial charge on any atom is 0.270 e. The van der Waals surface area contributed by atoms with E-state index < -0.39 is 14.8 Å². The van der Waals surface area contributed by atoms with Crippen molar-refractivity contribution in [3.05, 3.63) is 46.3 Å². The van der Waals surface area contributed by atoms with E-state index in [0.29, 0.717) is 25.3 Å². The van der Waals surface area contributed by atoms with Crippen molar-refractivity contribution < 1.29 is 18.4 Å². The van der Waals surface area contributed by atoms with Crippen LogP contribution in [0.1, 0.15) is 24.5 Å². The summed E-state index contributed by atoms with van der Waals surface area (Å²) in [6.07, 6.45) is 4.39. The molecule has 146 valence electrons. The summed E-state index contributed by atoms with van der Waals surface area (Å²) in [4.78, 5) is 12.4. The second-order valence-electron chi connectivity index (χ2n) is 6.65. The zero-order chi connectivity index (χ0) is 19.6. The summed E-state index contributed by atoms with van der Waals surface area (Å²) in [5.41, 5.74) is 1.34. The number of nitrogens with zero attached hydrogens (tertiary/aromatic N) is 4. The summed E-state index contributed by atoms with van der Waals surface area (Å²) < 4.78 is 26.1. The lowest BCUT2D eigenvalue weighted by Gasteiger charge is -2.34. The number of non-ortho nitro benzene ring substituents is 1. The van der Waals surface area contributed by atoms with Crippen LogP contribution in [0.2, 0.25) is 0 Å². The molecule has 0 radical (unpaired) electrons. The van der Waals surface area contributed by atoms with Gasteiger partial charge in [-0.25, -0.2) is 8.42 Å². The quantitative estimate of drug-likeness (QED) is 0.583. The highest BCUT2D eigenvalue weighted by atomic mass is 32.2. The van der Waals surface area contributed by atoms with Gasteiger partial charge in [0.2, 0.25) is 0 Å². The number of piperidine rings is 1. The zero-order valence-electron chi connectivity index (χ0n) is 15.0. The number of rotatable bonds is 6. The van der Waals surface area contributed by atoms with Crippen LogP contribution in [0.5, 0.6) is 0 Å². The van der Waals surface area contributed by atoms with Gasteiger partial charge in [0.05, 0.1) is 28.7 Å². The Balaban J connectivity index is 1.82. The first-order valence-corrected chi connectivity index (χ1v) is 10.6. The Labute approximate surface area is 157 Å². The molecule has 2 aromatic rings. The fourth-order valence-electron chi connectivity index (χ4n) is 3.56. The number of sulfone groups is 1. The Bertz CT molecular complexity index is 933. The number of aromatic nitrogens is 2. The minimum absolute atomic E-state index is 0.0135. The standard InChI is InChI=1S/C17H22N4O5S/c1-27(25,26)17-12-14(21(23)24)2-3-16(17)19-8-5-13(6-9-19)15-4-7-18-20(15)10-11-22/h2-4,7,12-13,22H,5-6,8-11H2,1H3. The molecule has 1 N–H and O–H groups in total. The molecule has 1 saturated heterocycles. The van der Waals surface area contributed by atoms with Crippen LogP contribution >= 0.6 is 0 Å². The van der Waals surface area contributed by atoms with Crippen molar-refractivity contribution in [3.63, 3.8) is 0 Å². The Morgan fingerprint density at radius 3 is 2.59 bits per heavy atom. The fraction of sp³-hybridized carbons (Fsp3) is 0.471. The van der Waals surface area contributed by atoms with Gasteiger partial charge in [0.15, 0.2) is 9.84 Å². The monoisotopic (exact) mass is 394 g/mol. The third-order valence-electron chi connectivity index (χ3n) is 4.87. The Morgan fingerprint density at radius 1 is 1.30 bits per heavy atom. The van der Waals surface area contributed by atoms with Crippen molar-refractivity contribution in [2.45, 2.75) is 30.2 Å². The molecule has 3 rings (SSSR count). The number of benzene rings is 1. The van der Waals surface area contributed by atoms with Gasteiger partial charge in [0, 0.05) is 49.3 Å². The molecule has 0 atom stereocenters. The highest BCUT2D eigenvalue weighted by molar-refractivity contribution is 7.90. The predicted octanol–water partition coefficient (Wildman–Crippen LogP) is 1.57. The van der Waals surface area contributed by atoms with E-state index in [9.17, 15) is 18.5 Å². The van der Waals surface area contributed by atoms with Crippen LogP contribution in [-0.2, 0) is 16.4 Å². The third kappa shape index (κ3) is 4.11. The molecule has 1 fully saturated rings. The van der Waals surface area contributed by atoms with Crippen LogP contribution in [0.4, 0.5) is 11.4 Å². The van der Waals surface area contributed by atoms with Crippen molar-refractivity contribution in [2.24, 2.45) is 0 Å². The molecule has 0 amide bonds. The van der Waals surface area contributed by atoms with E-state index >= 15 is 0 Å². The van der Waals surface area contributed by atoms with Crippen molar-refractivity contribution in [1.82, 2.24) is 9.78 Å². The van der Waals surface area contributed by atoms with Gasteiger partial charge in [-0.3, -0.25) is 14.8 Å². The lowest BCUT2D eigenvalue weighted by Crippen LogP contribution is -2.34. The zero-order valence-corrected chi connectivity index (χ0v) is 15.8. The van der Waals surface area contributed by atoms with Crippen LogP contribution in [0.15, 0.2) is 35.4 Å². The number of aliphatic hydroxyl groups excluding tert-OH is 1. The van der Waals surface area contributed by atoms with E-state index in [-0.39, 0.29) is 23.1 Å². The van der Waals surface area contributed by atoms with Gasteiger partial charge in [-0.15, -0.1) is 0 Å². The van der Waals surface area contributed by atoms with Gasteiger partial charge in [-0.05, 0) is 25.0 Å². The molecule has 1 aromatic heterocycles. The lowest BCUT2D eigenvalue weighted by molar-refractivity contribution is -0.385. The largest absolute Gasteiger partial charge is 0.394 e. The number of anilines is 1. The third-order valence-corrected chi connectivity index (χ3v) is 5.99. The summed E-state index contributed by atoms with van der Waals surface area (Å²) in [6, 6.07) is 5.94. The van der Waals surface area contributed by atoms with Gasteiger partial charge in [0.25, 0.3) is 5.69 Å². The smallest absolute Gasteiger partial charge is 0.270 e. The maximum atomic E-state index is 12.2. The molecule has 0 bridgehead atoms. The van der Waals surface area contributed by atoms with Crippen molar-refractivity contribution >= 4 is 21.2 Å². The molecule has 0 unspecified atom stereocenters. The van der Waals surface area contributed by atoms with Gasteiger partial charge >= 0.3 is 0 Å². The highest BCUT2D eigenvalue weighted by Crippen LogP contribution is 2.34. The molecule has 9 nitrogen and oxygen atoms in total. The van der Waals surface area contributed by atoms with Crippen LogP contribution in [0.3, 0.4) is 0 Å². The minimum atomic E-state index is -3.60. The first-order valence-electron chi connectivity index (χ1n) is 8.67. The van der Waals surface area contributed by atoms with Crippen LogP contribution < -0.4 is 4.90 Å². The van der Waals surface area contributed by atoms with Crippen molar-refractivity contribution in [1.29, 1.82) is 0 Å². The molecule has 1 aliphatic rings. The van der Waals surface area contributed by atoms with Gasteiger partial charge in [0.1, 0.15) is 0 Å². The Hall–Kier alpha value is -2.46. The van der Waals surface area contributed by atoms with Crippen LogP contribution in [0.25, 0.3) is 0 Å².